The van der Waals surface area contributed by atoms with Gasteiger partial charge < -0.3 is 5.11 Å². The molecule has 1 heterocycles. The number of hydrogen-bond acceptors (Lipinski definition) is 3. The molecule has 0 saturated heterocycles. The van der Waals surface area contributed by atoms with E-state index in [0.717, 1.165) is 42.1 Å². The highest BCUT2D eigenvalue weighted by Gasteiger charge is 2.26. The lowest BCUT2D eigenvalue weighted by molar-refractivity contribution is 0.0583. The van der Waals surface area contributed by atoms with Crippen molar-refractivity contribution in [2.45, 2.75) is 38.2 Å². The molecule has 168 valence electrons. The standard InChI is InChI=1S/C27H24ClFN2O2/c28-23-7-3-2-6-21(23)27-22-14-9-18(26(33)16-17-5-1-4-8-25(17)32)15-24(22)31(30-27)20-12-10-19(29)11-13-20/h2-3,6-7,9-15,17,25,32H,1,4-5,8,16H2/t17-,25-/m0/s1. The molecule has 4 nitrogen and oxygen atoms in total. The average molecular weight is 463 g/mol. The lowest BCUT2D eigenvalue weighted by atomic mass is 9.82. The van der Waals surface area contributed by atoms with Crippen molar-refractivity contribution in [3.05, 3.63) is 83.1 Å². The van der Waals surface area contributed by atoms with Gasteiger partial charge in [-0.1, -0.05) is 48.7 Å². The summed E-state index contributed by atoms with van der Waals surface area (Å²) in [5.41, 5.74) is 3.49. The third-order valence-corrected chi connectivity index (χ3v) is 6.85. The summed E-state index contributed by atoms with van der Waals surface area (Å²) in [6.07, 6.45) is 3.61. The highest BCUT2D eigenvalue weighted by Crippen LogP contribution is 2.35. The number of aliphatic hydroxyl groups excluding tert-OH is 1. The Morgan fingerprint density at radius 2 is 1.82 bits per heavy atom. The van der Waals surface area contributed by atoms with Crippen molar-refractivity contribution in [3.63, 3.8) is 0 Å². The molecule has 1 saturated carbocycles. The molecule has 0 aliphatic heterocycles. The van der Waals surface area contributed by atoms with E-state index < -0.39 is 6.10 Å². The van der Waals surface area contributed by atoms with Gasteiger partial charge >= 0.3 is 0 Å². The van der Waals surface area contributed by atoms with Crippen LogP contribution in [0.4, 0.5) is 4.39 Å². The molecule has 1 fully saturated rings. The summed E-state index contributed by atoms with van der Waals surface area (Å²) in [6, 6.07) is 19.1. The molecule has 0 amide bonds. The maximum atomic E-state index is 13.6. The summed E-state index contributed by atoms with van der Waals surface area (Å²) in [7, 11) is 0. The first kappa shape index (κ1) is 21.8. The fourth-order valence-electron chi connectivity index (χ4n) is 4.70. The highest BCUT2D eigenvalue weighted by molar-refractivity contribution is 6.33. The van der Waals surface area contributed by atoms with Crippen LogP contribution in [0.25, 0.3) is 27.8 Å². The summed E-state index contributed by atoms with van der Waals surface area (Å²) in [5, 5.41) is 16.5. The minimum Gasteiger partial charge on any atom is -0.393 e. The zero-order valence-electron chi connectivity index (χ0n) is 18.0. The second kappa shape index (κ2) is 9.08. The van der Waals surface area contributed by atoms with Crippen LogP contribution >= 0.6 is 11.6 Å². The Morgan fingerprint density at radius 3 is 2.58 bits per heavy atom. The van der Waals surface area contributed by atoms with Gasteiger partial charge in [-0.05, 0) is 61.2 Å². The molecule has 0 unspecified atom stereocenters. The Hall–Kier alpha value is -3.02. The minimum absolute atomic E-state index is 0.00245. The topological polar surface area (TPSA) is 55.1 Å². The molecule has 0 bridgehead atoms. The fraction of sp³-hybridized carbons (Fsp3) is 0.259. The van der Waals surface area contributed by atoms with Crippen LogP contribution in [0.3, 0.4) is 0 Å². The maximum absolute atomic E-state index is 13.6. The Kier molecular flexibility index (Phi) is 6.00. The van der Waals surface area contributed by atoms with E-state index in [1.807, 2.05) is 42.5 Å². The molecule has 1 aliphatic rings. The van der Waals surface area contributed by atoms with Gasteiger partial charge in [-0.3, -0.25) is 4.79 Å². The molecule has 1 N–H and O–H groups in total. The second-order valence-electron chi connectivity index (χ2n) is 8.69. The van der Waals surface area contributed by atoms with Crippen molar-refractivity contribution in [2.75, 3.05) is 0 Å². The molecular formula is C27H24ClFN2O2. The number of aliphatic hydroxyl groups is 1. The van der Waals surface area contributed by atoms with Crippen molar-refractivity contribution in [2.24, 2.45) is 5.92 Å². The Labute approximate surface area is 196 Å². The molecule has 1 aliphatic carbocycles. The zero-order chi connectivity index (χ0) is 22.9. The number of Topliss-reactive ketones (excluding diaryl/α,β-unsaturated/α-hetero) is 1. The summed E-state index contributed by atoms with van der Waals surface area (Å²) >= 11 is 6.46. The molecule has 0 spiro atoms. The van der Waals surface area contributed by atoms with Gasteiger partial charge in [0.25, 0.3) is 0 Å². The van der Waals surface area contributed by atoms with Gasteiger partial charge in [0.2, 0.25) is 0 Å². The monoisotopic (exact) mass is 462 g/mol. The number of hydrogen-bond donors (Lipinski definition) is 1. The van der Waals surface area contributed by atoms with Crippen molar-refractivity contribution >= 4 is 28.3 Å². The lowest BCUT2D eigenvalue weighted by Gasteiger charge is -2.26. The number of fused-ring (bicyclic) bond motifs is 1. The Bertz CT molecular complexity index is 1320. The van der Waals surface area contributed by atoms with E-state index in [1.165, 1.54) is 12.1 Å². The number of rotatable bonds is 5. The first-order valence-electron chi connectivity index (χ1n) is 11.3. The van der Waals surface area contributed by atoms with Crippen LogP contribution < -0.4 is 0 Å². The predicted octanol–water partition coefficient (Wildman–Crippen LogP) is 6.61. The molecular weight excluding hydrogens is 439 g/mol. The number of carbonyl (C=O) groups is 1. The molecule has 5 rings (SSSR count). The van der Waals surface area contributed by atoms with Crippen LogP contribution in [0.15, 0.2) is 66.7 Å². The number of nitrogens with zero attached hydrogens (tertiary/aromatic N) is 2. The van der Waals surface area contributed by atoms with Gasteiger partial charge in [0, 0.05) is 22.9 Å². The normalized spacial score (nSPS) is 18.5. The number of carbonyl (C=O) groups excluding carboxylic acids is 1. The highest BCUT2D eigenvalue weighted by atomic mass is 35.5. The van der Waals surface area contributed by atoms with Crippen molar-refractivity contribution in [1.29, 1.82) is 0 Å². The number of halogens is 2. The maximum Gasteiger partial charge on any atom is 0.163 e. The van der Waals surface area contributed by atoms with Crippen molar-refractivity contribution in [1.82, 2.24) is 9.78 Å². The van der Waals surface area contributed by atoms with Crippen LogP contribution in [0.2, 0.25) is 5.02 Å². The Balaban J connectivity index is 1.60. The van der Waals surface area contributed by atoms with Gasteiger partial charge in [0.15, 0.2) is 5.78 Å². The van der Waals surface area contributed by atoms with Crippen molar-refractivity contribution < 1.29 is 14.3 Å². The summed E-state index contributed by atoms with van der Waals surface area (Å²) in [6.45, 7) is 0. The fourth-order valence-corrected chi connectivity index (χ4v) is 4.93. The zero-order valence-corrected chi connectivity index (χ0v) is 18.8. The second-order valence-corrected chi connectivity index (χ2v) is 9.09. The Morgan fingerprint density at radius 1 is 1.06 bits per heavy atom. The molecule has 3 aromatic carbocycles. The molecule has 0 radical (unpaired) electrons. The van der Waals surface area contributed by atoms with E-state index >= 15 is 0 Å². The van der Waals surface area contributed by atoms with Gasteiger partial charge in [-0.2, -0.15) is 5.10 Å². The largest absolute Gasteiger partial charge is 0.393 e. The molecule has 33 heavy (non-hydrogen) atoms. The van der Waals surface area contributed by atoms with Crippen LogP contribution in [0.1, 0.15) is 42.5 Å². The molecule has 1 aromatic heterocycles. The molecule has 4 aromatic rings. The average Bonchev–Trinajstić information content (AvgIpc) is 3.20. The van der Waals surface area contributed by atoms with Crippen LogP contribution in [-0.4, -0.2) is 26.8 Å². The van der Waals surface area contributed by atoms with Gasteiger partial charge in [-0.25, -0.2) is 9.07 Å². The third-order valence-electron chi connectivity index (χ3n) is 6.52. The van der Waals surface area contributed by atoms with E-state index in [2.05, 4.69) is 0 Å². The molecule has 2 atom stereocenters. The summed E-state index contributed by atoms with van der Waals surface area (Å²) in [4.78, 5) is 13.1. The van der Waals surface area contributed by atoms with E-state index in [4.69, 9.17) is 16.7 Å². The first-order chi connectivity index (χ1) is 16.0. The summed E-state index contributed by atoms with van der Waals surface area (Å²) < 4.78 is 15.3. The quantitative estimate of drug-likeness (QED) is 0.339. The third kappa shape index (κ3) is 4.31. The van der Waals surface area contributed by atoms with E-state index in [0.29, 0.717) is 28.4 Å². The number of benzene rings is 3. The van der Waals surface area contributed by atoms with E-state index in [1.54, 1.807) is 16.8 Å². The van der Waals surface area contributed by atoms with Crippen LogP contribution in [0, 0.1) is 11.7 Å². The van der Waals surface area contributed by atoms with E-state index in [9.17, 15) is 14.3 Å². The van der Waals surface area contributed by atoms with Gasteiger partial charge in [0.05, 0.1) is 22.3 Å². The molecule has 6 heteroatoms. The van der Waals surface area contributed by atoms with Crippen molar-refractivity contribution in [3.8, 4) is 16.9 Å². The predicted molar refractivity (Wildman–Crippen MR) is 128 cm³/mol. The number of ketones is 1. The van der Waals surface area contributed by atoms with Gasteiger partial charge in [0.1, 0.15) is 11.5 Å². The summed E-state index contributed by atoms with van der Waals surface area (Å²) in [5.74, 6) is -0.319. The van der Waals surface area contributed by atoms with Crippen LogP contribution in [0.5, 0.6) is 0 Å². The minimum atomic E-state index is -0.414. The van der Waals surface area contributed by atoms with Crippen LogP contribution in [-0.2, 0) is 0 Å². The smallest absolute Gasteiger partial charge is 0.163 e. The number of aromatic nitrogens is 2. The first-order valence-corrected chi connectivity index (χ1v) is 11.6. The lowest BCUT2D eigenvalue weighted by Crippen LogP contribution is -2.26. The van der Waals surface area contributed by atoms with E-state index in [-0.39, 0.29) is 17.5 Å². The SMILES string of the molecule is O=C(C[C@@H]1CCCC[C@@H]1O)c1ccc2c(-c3ccccc3Cl)nn(-c3ccc(F)cc3)c2c1. The van der Waals surface area contributed by atoms with Gasteiger partial charge in [-0.15, -0.1) is 0 Å².